The molecular weight excluding hydrogens is 616 g/mol. The zero-order chi connectivity index (χ0) is 31.6. The van der Waals surface area contributed by atoms with Gasteiger partial charge in [0.2, 0.25) is 0 Å². The summed E-state index contributed by atoms with van der Waals surface area (Å²) in [4.78, 5) is 26.0. The fourth-order valence-electron chi connectivity index (χ4n) is 5.98. The first-order valence-corrected chi connectivity index (χ1v) is 17.4. The predicted molar refractivity (Wildman–Crippen MR) is 164 cm³/mol. The van der Waals surface area contributed by atoms with Crippen molar-refractivity contribution in [3.8, 4) is 0 Å². The Morgan fingerprint density at radius 2 is 0.956 bits per heavy atom. The van der Waals surface area contributed by atoms with Crippen molar-refractivity contribution >= 4 is 30.9 Å². The van der Waals surface area contributed by atoms with Crippen molar-refractivity contribution in [3.05, 3.63) is 164 Å². The van der Waals surface area contributed by atoms with Crippen LogP contribution in [0.25, 0.3) is 0 Å². The molecule has 6 rings (SSSR count). The van der Waals surface area contributed by atoms with Crippen molar-refractivity contribution in [1.29, 1.82) is 0 Å². The third-order valence-electron chi connectivity index (χ3n) is 8.01. The first kappa shape index (κ1) is 30.2. The van der Waals surface area contributed by atoms with Crippen LogP contribution in [-0.2, 0) is 16.6 Å². The number of amides is 2. The van der Waals surface area contributed by atoms with Crippen LogP contribution >= 0.6 is 0 Å². The van der Waals surface area contributed by atoms with Gasteiger partial charge in [0.25, 0.3) is 0 Å². The van der Waals surface area contributed by atoms with Crippen LogP contribution in [0.3, 0.4) is 0 Å². The van der Waals surface area contributed by atoms with Gasteiger partial charge in [-0.1, -0.05) is 0 Å². The van der Waals surface area contributed by atoms with Crippen LogP contribution in [-0.4, -0.2) is 11.8 Å². The Balaban J connectivity index is 1.58. The van der Waals surface area contributed by atoms with Crippen LogP contribution in [0.5, 0.6) is 0 Å². The second-order valence-electron chi connectivity index (χ2n) is 10.6. The van der Waals surface area contributed by atoms with Crippen LogP contribution in [0.2, 0.25) is 0 Å². The van der Waals surface area contributed by atoms with Gasteiger partial charge in [-0.15, -0.1) is 0 Å². The minimum absolute atomic E-state index is 0.219. The van der Waals surface area contributed by atoms with E-state index in [1.807, 2.05) is 0 Å². The monoisotopic (exact) mass is 642 g/mol. The first-order valence-electron chi connectivity index (χ1n) is 14.2. The summed E-state index contributed by atoms with van der Waals surface area (Å²) in [7, 11) is 0. The van der Waals surface area contributed by atoms with Crippen molar-refractivity contribution in [3.63, 3.8) is 0 Å². The van der Waals surface area contributed by atoms with Crippen LogP contribution in [0.15, 0.2) is 129 Å². The summed E-state index contributed by atoms with van der Waals surface area (Å²) >= 11 is -5.18. The molecule has 2 aliphatic carbocycles. The van der Waals surface area contributed by atoms with E-state index in [0.29, 0.717) is 7.76 Å². The average molecular weight is 642 g/mol. The van der Waals surface area contributed by atoms with Gasteiger partial charge >= 0.3 is 262 Å². The third-order valence-corrected chi connectivity index (χ3v) is 15.9. The van der Waals surface area contributed by atoms with Crippen LogP contribution in [0.4, 0.5) is 28.9 Å². The summed E-state index contributed by atoms with van der Waals surface area (Å²) in [5.74, 6) is -5.42. The summed E-state index contributed by atoms with van der Waals surface area (Å²) in [5.41, 5.74) is -0.134. The second-order valence-corrected chi connectivity index (χ2v) is 16.5. The molecule has 0 radical (unpaired) electrons. The molecule has 0 saturated heterocycles. The van der Waals surface area contributed by atoms with Crippen molar-refractivity contribution in [2.24, 2.45) is 0 Å². The summed E-state index contributed by atoms with van der Waals surface area (Å²) in [6.07, 6.45) is 10.7. The molecule has 0 spiro atoms. The molecule has 0 heterocycles. The number of hydrogen-bond acceptors (Lipinski definition) is 2. The van der Waals surface area contributed by atoms with Crippen LogP contribution < -0.4 is 18.4 Å². The normalized spacial score (nSPS) is 13.9. The maximum atomic E-state index is 16.9. The molecule has 0 atom stereocenters. The molecule has 9 heteroatoms. The molecule has 0 fully saturated rings. The Bertz CT molecular complexity index is 1790. The van der Waals surface area contributed by atoms with Gasteiger partial charge in [0.1, 0.15) is 0 Å². The summed E-state index contributed by atoms with van der Waals surface area (Å²) in [5, 5.41) is 5.04. The maximum absolute atomic E-state index is 16.9. The molecule has 4 aromatic rings. The number of anilines is 2. The summed E-state index contributed by atoms with van der Waals surface area (Å²) in [6, 6.07) is 20.5. The molecule has 4 nitrogen and oxygen atoms in total. The topological polar surface area (TPSA) is 58.2 Å². The molecule has 224 valence electrons. The molecule has 0 aliphatic heterocycles. The van der Waals surface area contributed by atoms with Gasteiger partial charge in [-0.3, -0.25) is 0 Å². The van der Waals surface area contributed by atoms with Gasteiger partial charge in [-0.25, -0.2) is 0 Å². The van der Waals surface area contributed by atoms with Crippen LogP contribution in [0, 0.1) is 23.3 Å². The van der Waals surface area contributed by atoms with E-state index in [1.165, 1.54) is 0 Å². The molecule has 45 heavy (non-hydrogen) atoms. The quantitative estimate of drug-likeness (QED) is 0.154. The van der Waals surface area contributed by atoms with Gasteiger partial charge < -0.3 is 0 Å². The van der Waals surface area contributed by atoms with E-state index in [-0.39, 0.29) is 35.3 Å². The summed E-state index contributed by atoms with van der Waals surface area (Å²) in [6.45, 7) is 0. The van der Waals surface area contributed by atoms with Crippen molar-refractivity contribution in [2.45, 2.75) is 12.8 Å². The van der Waals surface area contributed by atoms with Crippen molar-refractivity contribution in [2.75, 3.05) is 10.6 Å². The van der Waals surface area contributed by atoms with E-state index in [4.69, 9.17) is 0 Å². The molecule has 0 bridgehead atoms. The van der Waals surface area contributed by atoms with Gasteiger partial charge in [0.05, 0.1) is 0 Å². The van der Waals surface area contributed by atoms with Gasteiger partial charge in [0, 0.05) is 0 Å². The molecule has 2 aliphatic rings. The number of carbonyl (C=O) groups is 2. The fraction of sp³-hybridized carbons (Fsp3) is 0.0556. The standard InChI is InChI=1S/2C13H8F2NO.2C5H5.Ti/c2*14-10-6-7-12(11(15)8-10)16-13(17)9-4-2-1-3-5-9;2*1-2-4-5-3-1;/h2*1-7H,(H,16,17);2*1-3H,4H2;. The van der Waals surface area contributed by atoms with E-state index in [1.54, 1.807) is 97.1 Å². The van der Waals surface area contributed by atoms with Crippen molar-refractivity contribution in [1.82, 2.24) is 0 Å². The van der Waals surface area contributed by atoms with E-state index in [2.05, 4.69) is 10.6 Å². The molecular formula is C36H26F4N2O2Ti. The molecule has 4 aromatic carbocycles. The van der Waals surface area contributed by atoms with E-state index in [0.717, 1.165) is 24.3 Å². The SMILES string of the molecule is O=C(Nc1ccc(F)[c]([Ti]([C]2=CC=CC2)([C]2=CC=CC2)[c]2c(F)ccc(NC(=O)c3ccccc3)c2F)c1F)c1ccccc1. The molecule has 2 N–H and O–H groups in total. The Morgan fingerprint density at radius 1 is 0.556 bits per heavy atom. The second kappa shape index (κ2) is 12.7. The van der Waals surface area contributed by atoms with E-state index in [9.17, 15) is 9.59 Å². The van der Waals surface area contributed by atoms with Crippen molar-refractivity contribution < 1.29 is 43.7 Å². The van der Waals surface area contributed by atoms with Gasteiger partial charge in [-0.05, 0) is 0 Å². The molecule has 0 unspecified atom stereocenters. The Hall–Kier alpha value is -4.79. The molecule has 0 aromatic heterocycles. The van der Waals surface area contributed by atoms with Gasteiger partial charge in [0.15, 0.2) is 0 Å². The zero-order valence-electron chi connectivity index (χ0n) is 23.8. The predicted octanol–water partition coefficient (Wildman–Crippen LogP) is 7.54. The molecule has 2 amide bonds. The number of halogens is 4. The third kappa shape index (κ3) is 5.52. The Morgan fingerprint density at radius 3 is 1.31 bits per heavy atom. The number of rotatable bonds is 8. The summed E-state index contributed by atoms with van der Waals surface area (Å²) < 4.78 is 66.3. The van der Waals surface area contributed by atoms with E-state index >= 15 is 17.6 Å². The number of carbonyl (C=O) groups excluding carboxylic acids is 2. The first-order chi connectivity index (χ1) is 21.8. The number of nitrogens with one attached hydrogen (secondary N) is 2. The van der Waals surface area contributed by atoms with E-state index < -0.39 is 59.4 Å². The average Bonchev–Trinajstić information content (AvgIpc) is 3.80. The number of hydrogen-bond donors (Lipinski definition) is 2. The molecule has 0 saturated carbocycles. The zero-order valence-corrected chi connectivity index (χ0v) is 25.4. The number of allylic oxidation sites excluding steroid dienone is 8. The Labute approximate surface area is 260 Å². The minimum atomic E-state index is -5.18. The van der Waals surface area contributed by atoms with Crippen LogP contribution in [0.1, 0.15) is 33.6 Å². The fourth-order valence-corrected chi connectivity index (χ4v) is 14.3. The van der Waals surface area contributed by atoms with Gasteiger partial charge in [-0.2, -0.15) is 0 Å². The Kier molecular flexibility index (Phi) is 8.52. The number of benzene rings is 4.